The van der Waals surface area contributed by atoms with E-state index in [4.69, 9.17) is 0 Å². The van der Waals surface area contributed by atoms with Gasteiger partial charge in [-0.3, -0.25) is 0 Å². The van der Waals surface area contributed by atoms with Crippen molar-refractivity contribution in [3.8, 4) is 0 Å². The molecule has 4 aromatic carbocycles. The van der Waals surface area contributed by atoms with Crippen LogP contribution in [0.15, 0.2) is 120 Å². The number of nitrogens with zero attached hydrogens (tertiary/aromatic N) is 3. The van der Waals surface area contributed by atoms with Crippen LogP contribution in [0.2, 0.25) is 0 Å². The van der Waals surface area contributed by atoms with Crippen molar-refractivity contribution in [2.45, 2.75) is 88.1 Å². The Hall–Kier alpha value is -0.770. The molecule has 0 heterocycles. The Morgan fingerprint density at radius 1 is 0.514 bits per heavy atom. The minimum atomic E-state index is -3.53. The molecule has 3 N–H and O–H groups in total. The number of aryl methyl sites for hydroxylation is 4. The molecular formula is C49H76Cl3N6O6Ru3S3+3. The summed E-state index contributed by atoms with van der Waals surface area (Å²) in [6.45, 7) is 6.35. The Morgan fingerprint density at radius 2 is 0.900 bits per heavy atom. The molecule has 0 amide bonds. The van der Waals surface area contributed by atoms with Gasteiger partial charge in [-0.1, -0.05) is 128 Å². The normalized spacial score (nSPS) is 13.7. The van der Waals surface area contributed by atoms with E-state index in [0.29, 0.717) is 19.6 Å². The van der Waals surface area contributed by atoms with Crippen LogP contribution in [0.3, 0.4) is 0 Å². The second-order valence-corrected chi connectivity index (χ2v) is 20.3. The van der Waals surface area contributed by atoms with Gasteiger partial charge in [0.05, 0.1) is 20.0 Å². The Morgan fingerprint density at radius 3 is 1.30 bits per heavy atom. The first-order valence-electron chi connectivity index (χ1n) is 21.7. The number of hydrogen-bond acceptors (Lipinski definition) is 9. The summed E-state index contributed by atoms with van der Waals surface area (Å²) < 4.78 is 79.5. The number of hydrogen-bond donors (Lipinski definition) is 3. The predicted molar refractivity (Wildman–Crippen MR) is 289 cm³/mol. The van der Waals surface area contributed by atoms with E-state index < -0.39 is 30.1 Å². The van der Waals surface area contributed by atoms with Crippen LogP contribution < -0.4 is 16.0 Å². The third-order valence-electron chi connectivity index (χ3n) is 9.75. The molecule has 2 unspecified atom stereocenters. The van der Waals surface area contributed by atoms with Crippen LogP contribution in [-0.4, -0.2) is 95.7 Å². The third kappa shape index (κ3) is 41.6. The fourth-order valence-electron chi connectivity index (χ4n) is 6.64. The average molecular weight is 1350 g/mol. The fourth-order valence-corrected chi connectivity index (χ4v) is 8.77. The molecule has 21 heteroatoms. The van der Waals surface area contributed by atoms with E-state index in [2.05, 4.69) is 108 Å². The predicted octanol–water partition coefficient (Wildman–Crippen LogP) is 11.1. The van der Waals surface area contributed by atoms with E-state index in [1.807, 2.05) is 101 Å². The monoisotopic (exact) mass is 1350 g/mol. The van der Waals surface area contributed by atoms with Crippen LogP contribution in [0, 0.1) is 29.2 Å². The molecule has 0 saturated heterocycles. The summed E-state index contributed by atoms with van der Waals surface area (Å²) in [6.07, 6.45) is 12.7. The van der Waals surface area contributed by atoms with Crippen molar-refractivity contribution < 1.29 is 77.2 Å². The van der Waals surface area contributed by atoms with Crippen LogP contribution in [0.1, 0.15) is 67.2 Å². The van der Waals surface area contributed by atoms with E-state index in [1.165, 1.54) is 22.9 Å². The molecule has 0 aliphatic heterocycles. The third-order valence-corrected chi connectivity index (χ3v) is 12.5. The van der Waals surface area contributed by atoms with Crippen LogP contribution >= 0.6 is 29.1 Å². The zero-order valence-corrected chi connectivity index (χ0v) is 51.3. The zero-order chi connectivity index (χ0) is 50.2. The van der Waals surface area contributed by atoms with Crippen LogP contribution in [0.5, 0.6) is 0 Å². The van der Waals surface area contributed by atoms with Gasteiger partial charge in [0, 0.05) is 17.4 Å². The van der Waals surface area contributed by atoms with Crippen LogP contribution in [0.4, 0.5) is 0 Å². The molecule has 12 nitrogen and oxygen atoms in total. The summed E-state index contributed by atoms with van der Waals surface area (Å²) in [5, 5.41) is 9.91. The summed E-state index contributed by atoms with van der Waals surface area (Å²) >= 11 is 5.47. The second kappa shape index (κ2) is 47.9. The van der Waals surface area contributed by atoms with Crippen molar-refractivity contribution in [2.24, 2.45) is 0 Å². The maximum atomic E-state index is 12.0. The van der Waals surface area contributed by atoms with Gasteiger partial charge in [-0.2, -0.15) is 0 Å². The van der Waals surface area contributed by atoms with Crippen molar-refractivity contribution in [1.82, 2.24) is 16.0 Å². The van der Waals surface area contributed by atoms with Crippen molar-refractivity contribution in [3.05, 3.63) is 174 Å². The first-order chi connectivity index (χ1) is 32.2. The minimum absolute atomic E-state index is 0. The van der Waals surface area contributed by atoms with Gasteiger partial charge in [-0.25, -0.2) is 25.3 Å². The number of sulfonamides is 3. The molecule has 2 atom stereocenters. The first kappa shape index (κ1) is 75.7. The Kier molecular flexibility index (Phi) is 51.8. The van der Waals surface area contributed by atoms with Crippen molar-refractivity contribution in [3.63, 3.8) is 0 Å². The number of benzene rings is 4. The van der Waals surface area contributed by atoms with E-state index in [1.54, 1.807) is 24.3 Å². The molecule has 5 rings (SSSR count). The van der Waals surface area contributed by atoms with Gasteiger partial charge >= 0.3 is 81.0 Å². The van der Waals surface area contributed by atoms with E-state index in [0.717, 1.165) is 95.7 Å². The number of nitrogens with one attached hydrogen (secondary N) is 3. The standard InChI is InChI=1S/C18H23N2O2S.C16H25N2O2S.C12H19N2O2S.3CH3.3ClH.3Ru/c1-16-9-11-18(12-10-16)23(21,22)20-15-14-19-13-5-8-17-6-3-2-4-7-17;1-21(19,20)18-16-12-6-5-11-15(16)17-13-7-10-14-8-3-2-4-9-14;1-17(15,16)14-11-10-13-9-5-8-12-6-3-2-4-7-12;;;;;;;;;/h2-4,6-7,9-12,19H,5,8,13-15H2,1H3;2-4,8-9,15-17H,5-7,10-13H2,1H3;2-4,6-7,13H,5,8-11H2,1H3;3*1H3;3*1H;;;/q6*-1;;;;3*+4/p-3. The van der Waals surface area contributed by atoms with Gasteiger partial charge < -0.3 is 52.4 Å². The molecule has 0 radical (unpaired) electrons. The number of halogens is 3. The van der Waals surface area contributed by atoms with Crippen LogP contribution in [0.25, 0.3) is 14.2 Å². The zero-order valence-electron chi connectivity index (χ0n) is 41.4. The summed E-state index contributed by atoms with van der Waals surface area (Å²) in [6, 6.07) is 37.9. The van der Waals surface area contributed by atoms with Gasteiger partial charge in [0.2, 0.25) is 0 Å². The second-order valence-electron chi connectivity index (χ2n) is 15.2. The topological polar surface area (TPSA) is 181 Å². The molecule has 398 valence electrons. The van der Waals surface area contributed by atoms with Crippen molar-refractivity contribution >= 4 is 59.1 Å². The summed E-state index contributed by atoms with van der Waals surface area (Å²) in [4.78, 5) is 0.257. The molecule has 4 aromatic rings. The molecule has 0 bridgehead atoms. The van der Waals surface area contributed by atoms with E-state index in [-0.39, 0.29) is 45.8 Å². The van der Waals surface area contributed by atoms with Gasteiger partial charge in [0.15, 0.2) is 0 Å². The molecule has 0 spiro atoms. The van der Waals surface area contributed by atoms with Crippen molar-refractivity contribution in [2.75, 3.05) is 58.3 Å². The quantitative estimate of drug-likeness (QED) is 0.0349. The van der Waals surface area contributed by atoms with E-state index >= 15 is 0 Å². The summed E-state index contributed by atoms with van der Waals surface area (Å²) in [5.74, 6) is 0. The summed E-state index contributed by atoms with van der Waals surface area (Å²) in [7, 11) is 3.76. The Labute approximate surface area is 468 Å². The molecule has 0 aromatic heterocycles. The SMILES string of the molecule is CS(=O)(=O)[N-]C1CCCCC1NCCCc1ccccc1.CS(=O)(=O)[N-]CCNCCCc1ccccc1.Cc1ccc(S(=O)(=O)[N-]CCNCCCc2ccccc2)cc1.[CH3-].[CH3-].[CH3-].[Cl][Ru+3].[Cl][Ru+3].[Cl][Ru+3]. The molecule has 1 saturated carbocycles. The Balaban J connectivity index is -0.000000437. The molecule has 70 heavy (non-hydrogen) atoms. The molecular weight excluding hydrogens is 1270 g/mol. The molecule has 1 fully saturated rings. The average Bonchev–Trinajstić information content (AvgIpc) is 3.33. The fraction of sp³-hybridized carbons (Fsp3) is 0.449. The Bertz CT molecular complexity index is 2110. The van der Waals surface area contributed by atoms with Gasteiger partial charge in [-0.15, -0.1) is 19.1 Å². The maximum absolute atomic E-state index is 12.0. The molecule has 1 aliphatic rings. The first-order valence-corrected chi connectivity index (χ1v) is 33.5. The number of rotatable bonds is 24. The van der Waals surface area contributed by atoms with Gasteiger partial charge in [-0.05, 0) is 119 Å². The molecule has 1 aliphatic carbocycles. The van der Waals surface area contributed by atoms with Crippen LogP contribution in [-0.2, 0) is 101 Å². The van der Waals surface area contributed by atoms with Gasteiger partial charge in [0.25, 0.3) is 0 Å². The summed E-state index contributed by atoms with van der Waals surface area (Å²) in [5.41, 5.74) is 5.03. The van der Waals surface area contributed by atoms with E-state index in [9.17, 15) is 25.3 Å². The van der Waals surface area contributed by atoms with Crippen molar-refractivity contribution in [1.29, 1.82) is 0 Å². The van der Waals surface area contributed by atoms with Gasteiger partial charge in [0.1, 0.15) is 10.0 Å².